The second kappa shape index (κ2) is 4.70. The molecule has 0 saturated carbocycles. The summed E-state index contributed by atoms with van der Waals surface area (Å²) in [5.41, 5.74) is 5.02. The second-order valence-corrected chi connectivity index (χ2v) is 7.97. The van der Waals surface area contributed by atoms with Gasteiger partial charge in [-0.3, -0.25) is 4.79 Å². The van der Waals surface area contributed by atoms with Crippen molar-refractivity contribution in [3.8, 4) is 0 Å². The molecule has 2 heteroatoms. The molecule has 23 heavy (non-hydrogen) atoms. The Morgan fingerprint density at radius 1 is 0.826 bits per heavy atom. The molecule has 3 aliphatic rings. The van der Waals surface area contributed by atoms with E-state index in [2.05, 4.69) is 57.2 Å². The lowest BCUT2D eigenvalue weighted by Crippen LogP contribution is -2.48. The van der Waals surface area contributed by atoms with Gasteiger partial charge in [-0.15, -0.1) is 0 Å². The average molecular weight is 306 g/mol. The monoisotopic (exact) mass is 306 g/mol. The lowest BCUT2D eigenvalue weighted by atomic mass is 9.49. The summed E-state index contributed by atoms with van der Waals surface area (Å²) >= 11 is 0. The molecule has 0 radical (unpaired) electrons. The van der Waals surface area contributed by atoms with Gasteiger partial charge in [-0.25, -0.2) is 0 Å². The lowest BCUT2D eigenvalue weighted by molar-refractivity contribution is -0.147. The molecule has 2 bridgehead atoms. The fraction of sp³-hybridized carbons (Fsp3) is 0.381. The third-order valence-electron chi connectivity index (χ3n) is 5.72. The largest absolute Gasteiger partial charge is 0.481 e. The summed E-state index contributed by atoms with van der Waals surface area (Å²) in [6, 6.07) is 16.9. The van der Waals surface area contributed by atoms with Crippen LogP contribution in [-0.2, 0) is 4.79 Å². The van der Waals surface area contributed by atoms with E-state index < -0.39 is 5.97 Å². The van der Waals surface area contributed by atoms with E-state index in [9.17, 15) is 9.90 Å². The van der Waals surface area contributed by atoms with E-state index in [0.717, 1.165) is 0 Å². The smallest absolute Gasteiger partial charge is 0.307 e. The highest BCUT2D eigenvalue weighted by atomic mass is 16.4. The molecular formula is C21H22O2. The zero-order chi connectivity index (χ0) is 16.4. The Morgan fingerprint density at radius 2 is 1.22 bits per heavy atom. The fourth-order valence-electron chi connectivity index (χ4n) is 5.01. The topological polar surface area (TPSA) is 37.3 Å². The van der Waals surface area contributed by atoms with Gasteiger partial charge in [0.1, 0.15) is 0 Å². The van der Waals surface area contributed by atoms with E-state index in [1.165, 1.54) is 22.3 Å². The van der Waals surface area contributed by atoms with Gasteiger partial charge in [0.25, 0.3) is 0 Å². The number of carboxylic acid groups (broad SMARTS) is 1. The molecule has 0 saturated heterocycles. The van der Waals surface area contributed by atoms with Gasteiger partial charge in [0, 0.05) is 11.8 Å². The summed E-state index contributed by atoms with van der Waals surface area (Å²) in [5.74, 6) is -0.772. The van der Waals surface area contributed by atoms with Gasteiger partial charge in [-0.05, 0) is 33.6 Å². The van der Waals surface area contributed by atoms with Crippen molar-refractivity contribution in [3.05, 3.63) is 70.8 Å². The summed E-state index contributed by atoms with van der Waals surface area (Å²) < 4.78 is 0. The van der Waals surface area contributed by atoms with Crippen molar-refractivity contribution in [1.29, 1.82) is 0 Å². The van der Waals surface area contributed by atoms with Crippen molar-refractivity contribution in [1.82, 2.24) is 0 Å². The number of aliphatic carboxylic acids is 1. The third-order valence-corrected chi connectivity index (χ3v) is 5.72. The SMILES string of the molecule is CC(C)(C)C1C2c3ccccc3C(c3ccccc32)C1C(=O)O. The van der Waals surface area contributed by atoms with Crippen LogP contribution in [0.4, 0.5) is 0 Å². The maximum absolute atomic E-state index is 12.2. The van der Waals surface area contributed by atoms with E-state index in [0.29, 0.717) is 0 Å². The Hall–Kier alpha value is -2.09. The lowest BCUT2D eigenvalue weighted by Gasteiger charge is -2.53. The van der Waals surface area contributed by atoms with Gasteiger partial charge in [-0.2, -0.15) is 0 Å². The molecule has 0 heterocycles. The minimum absolute atomic E-state index is 0.0332. The van der Waals surface area contributed by atoms with Crippen molar-refractivity contribution in [2.75, 3.05) is 0 Å². The van der Waals surface area contributed by atoms with Crippen LogP contribution in [0, 0.1) is 17.3 Å². The van der Waals surface area contributed by atoms with Gasteiger partial charge in [-0.1, -0.05) is 69.3 Å². The van der Waals surface area contributed by atoms with Crippen LogP contribution >= 0.6 is 0 Å². The normalized spacial score (nSPS) is 28.1. The summed E-state index contributed by atoms with van der Waals surface area (Å²) in [5, 5.41) is 10.0. The van der Waals surface area contributed by atoms with Crippen molar-refractivity contribution in [2.24, 2.45) is 17.3 Å². The number of hydrogen-bond acceptors (Lipinski definition) is 1. The van der Waals surface area contributed by atoms with Crippen LogP contribution in [0.15, 0.2) is 48.5 Å². The minimum Gasteiger partial charge on any atom is -0.481 e. The average Bonchev–Trinajstić information content (AvgIpc) is 2.53. The molecule has 3 aliphatic carbocycles. The number of fused-ring (bicyclic) bond motifs is 1. The van der Waals surface area contributed by atoms with Crippen LogP contribution in [0.3, 0.4) is 0 Å². The first kappa shape index (κ1) is 14.5. The quantitative estimate of drug-likeness (QED) is 0.833. The van der Waals surface area contributed by atoms with Crippen LogP contribution in [-0.4, -0.2) is 11.1 Å². The Kier molecular flexibility index (Phi) is 2.96. The molecule has 2 atom stereocenters. The Bertz CT molecular complexity index is 737. The van der Waals surface area contributed by atoms with Gasteiger partial charge in [0.2, 0.25) is 0 Å². The predicted molar refractivity (Wildman–Crippen MR) is 90.6 cm³/mol. The summed E-state index contributed by atoms with van der Waals surface area (Å²) in [6.45, 7) is 6.54. The Morgan fingerprint density at radius 3 is 1.57 bits per heavy atom. The number of benzene rings is 2. The standard InChI is InChI=1S/C21H22O2/c1-21(2,3)19-17-14-10-6-4-8-12(14)16(18(19)20(22)23)13-9-5-7-11-15(13)17/h4-11,16-19H,1-3H3,(H,22,23). The van der Waals surface area contributed by atoms with Crippen molar-refractivity contribution < 1.29 is 9.90 Å². The van der Waals surface area contributed by atoms with E-state index >= 15 is 0 Å². The van der Waals surface area contributed by atoms with Crippen LogP contribution in [0.5, 0.6) is 0 Å². The number of carboxylic acids is 1. The predicted octanol–water partition coefficient (Wildman–Crippen LogP) is 4.64. The van der Waals surface area contributed by atoms with Gasteiger partial charge >= 0.3 is 5.97 Å². The van der Waals surface area contributed by atoms with Crippen LogP contribution in [0.2, 0.25) is 0 Å². The highest BCUT2D eigenvalue weighted by Gasteiger charge is 2.55. The third kappa shape index (κ3) is 1.90. The first-order valence-electron chi connectivity index (χ1n) is 8.31. The second-order valence-electron chi connectivity index (χ2n) is 7.97. The first-order valence-corrected chi connectivity index (χ1v) is 8.31. The van der Waals surface area contributed by atoms with Crippen LogP contribution in [0.25, 0.3) is 0 Å². The van der Waals surface area contributed by atoms with Crippen molar-refractivity contribution in [3.63, 3.8) is 0 Å². The highest BCUT2D eigenvalue weighted by molar-refractivity contribution is 5.77. The molecule has 0 aliphatic heterocycles. The van der Waals surface area contributed by atoms with Crippen LogP contribution in [0.1, 0.15) is 54.9 Å². The van der Waals surface area contributed by atoms with Gasteiger partial charge in [0.15, 0.2) is 0 Å². The Labute approximate surface area is 137 Å². The van der Waals surface area contributed by atoms with E-state index in [1.54, 1.807) is 0 Å². The van der Waals surface area contributed by atoms with E-state index in [-0.39, 0.29) is 29.1 Å². The number of carbonyl (C=O) groups is 1. The maximum Gasteiger partial charge on any atom is 0.307 e. The fourth-order valence-corrected chi connectivity index (χ4v) is 5.01. The van der Waals surface area contributed by atoms with Crippen molar-refractivity contribution >= 4 is 5.97 Å². The van der Waals surface area contributed by atoms with E-state index in [1.807, 2.05) is 12.1 Å². The summed E-state index contributed by atoms with van der Waals surface area (Å²) in [6.07, 6.45) is 0. The minimum atomic E-state index is -0.663. The van der Waals surface area contributed by atoms with Gasteiger partial charge in [0.05, 0.1) is 5.92 Å². The number of rotatable bonds is 1. The number of hydrogen-bond donors (Lipinski definition) is 1. The Balaban J connectivity index is 2.06. The molecule has 1 N–H and O–H groups in total. The molecule has 0 fully saturated rings. The zero-order valence-corrected chi connectivity index (χ0v) is 13.8. The molecule has 2 nitrogen and oxygen atoms in total. The summed E-state index contributed by atoms with van der Waals surface area (Å²) in [4.78, 5) is 12.2. The van der Waals surface area contributed by atoms with E-state index in [4.69, 9.17) is 0 Å². The molecule has 2 aromatic carbocycles. The highest BCUT2D eigenvalue weighted by Crippen LogP contribution is 2.62. The zero-order valence-electron chi connectivity index (χ0n) is 13.8. The molecule has 2 aromatic rings. The molecule has 0 spiro atoms. The van der Waals surface area contributed by atoms with Gasteiger partial charge < -0.3 is 5.11 Å². The van der Waals surface area contributed by atoms with Crippen LogP contribution < -0.4 is 0 Å². The molecule has 5 rings (SSSR count). The molecule has 0 amide bonds. The molecule has 2 unspecified atom stereocenters. The molecule has 0 aromatic heterocycles. The molecular weight excluding hydrogens is 284 g/mol. The maximum atomic E-state index is 12.2. The summed E-state index contributed by atoms with van der Waals surface area (Å²) in [7, 11) is 0. The first-order chi connectivity index (χ1) is 10.9. The molecule has 118 valence electrons. The van der Waals surface area contributed by atoms with Crippen molar-refractivity contribution in [2.45, 2.75) is 32.6 Å².